The average Bonchev–Trinajstić information content (AvgIpc) is 3.29. The maximum absolute atomic E-state index is 13.0. The lowest BCUT2D eigenvalue weighted by molar-refractivity contribution is 0.0629. The lowest BCUT2D eigenvalue weighted by atomic mass is 10.0. The number of likely N-dealkylation sites (tertiary alicyclic amines) is 2. The van der Waals surface area contributed by atoms with Gasteiger partial charge in [0.2, 0.25) is 10.0 Å². The Bertz CT molecular complexity index is 886. The van der Waals surface area contributed by atoms with Gasteiger partial charge in [0, 0.05) is 57.4 Å². The van der Waals surface area contributed by atoms with Gasteiger partial charge in [0.25, 0.3) is 5.91 Å². The van der Waals surface area contributed by atoms with Crippen molar-refractivity contribution >= 4 is 21.7 Å². The fourth-order valence-electron chi connectivity index (χ4n) is 5.15. The number of piperidine rings is 1. The SMILES string of the molecule is CCNc1ncnc(C(=O)N2CCC(N3CC4CN(S(C)(=O)=O)CC4C3)CC2)c1C. The van der Waals surface area contributed by atoms with E-state index in [1.54, 1.807) is 4.31 Å². The molecule has 2 atom stereocenters. The van der Waals surface area contributed by atoms with Gasteiger partial charge in [0.1, 0.15) is 17.8 Å². The van der Waals surface area contributed by atoms with Gasteiger partial charge in [-0.25, -0.2) is 22.7 Å². The number of carbonyl (C=O) groups excluding carboxylic acids is 1. The fourth-order valence-corrected chi connectivity index (χ4v) is 6.08. The zero-order valence-corrected chi connectivity index (χ0v) is 18.9. The summed E-state index contributed by atoms with van der Waals surface area (Å²) >= 11 is 0. The zero-order valence-electron chi connectivity index (χ0n) is 18.0. The number of fused-ring (bicyclic) bond motifs is 1. The molecule has 0 aromatic carbocycles. The number of rotatable bonds is 5. The summed E-state index contributed by atoms with van der Waals surface area (Å²) in [5.74, 6) is 1.58. The molecule has 0 aliphatic carbocycles. The number of nitrogens with one attached hydrogen (secondary N) is 1. The molecule has 3 saturated heterocycles. The lowest BCUT2D eigenvalue weighted by Gasteiger charge is -2.37. The van der Waals surface area contributed by atoms with Crippen LogP contribution in [0.1, 0.15) is 35.8 Å². The van der Waals surface area contributed by atoms with Crippen molar-refractivity contribution in [2.75, 3.05) is 57.4 Å². The van der Waals surface area contributed by atoms with Crippen molar-refractivity contribution in [3.8, 4) is 0 Å². The quantitative estimate of drug-likeness (QED) is 0.723. The number of hydrogen-bond donors (Lipinski definition) is 1. The average molecular weight is 437 g/mol. The Labute approximate surface area is 178 Å². The predicted molar refractivity (Wildman–Crippen MR) is 115 cm³/mol. The topological polar surface area (TPSA) is 98.7 Å². The van der Waals surface area contributed by atoms with Crippen LogP contribution < -0.4 is 5.32 Å². The van der Waals surface area contributed by atoms with E-state index in [0.29, 0.717) is 36.7 Å². The van der Waals surface area contributed by atoms with Crippen molar-refractivity contribution < 1.29 is 13.2 Å². The third-order valence-electron chi connectivity index (χ3n) is 6.85. The monoisotopic (exact) mass is 436 g/mol. The molecule has 1 aromatic rings. The minimum absolute atomic E-state index is 0.0189. The van der Waals surface area contributed by atoms with Gasteiger partial charge in [-0.2, -0.15) is 0 Å². The largest absolute Gasteiger partial charge is 0.370 e. The molecule has 1 N–H and O–H groups in total. The molecule has 2 unspecified atom stereocenters. The molecule has 10 heteroatoms. The van der Waals surface area contributed by atoms with Gasteiger partial charge in [-0.15, -0.1) is 0 Å². The minimum atomic E-state index is -3.08. The molecule has 3 aliphatic heterocycles. The number of nitrogens with zero attached hydrogens (tertiary/aromatic N) is 5. The van der Waals surface area contributed by atoms with E-state index >= 15 is 0 Å². The molecule has 4 heterocycles. The van der Waals surface area contributed by atoms with E-state index in [1.807, 2.05) is 18.7 Å². The molecule has 30 heavy (non-hydrogen) atoms. The molecule has 0 spiro atoms. The number of carbonyl (C=O) groups is 1. The van der Waals surface area contributed by atoms with Crippen LogP contribution in [0.15, 0.2) is 6.33 Å². The first kappa shape index (κ1) is 21.5. The highest BCUT2D eigenvalue weighted by Gasteiger charge is 2.44. The third-order valence-corrected chi connectivity index (χ3v) is 8.09. The summed E-state index contributed by atoms with van der Waals surface area (Å²) in [6.07, 6.45) is 4.66. The summed E-state index contributed by atoms with van der Waals surface area (Å²) in [7, 11) is -3.08. The van der Waals surface area contributed by atoms with Gasteiger partial charge < -0.3 is 10.2 Å². The molecule has 9 nitrogen and oxygen atoms in total. The Morgan fingerprint density at radius 1 is 1.13 bits per heavy atom. The summed E-state index contributed by atoms with van der Waals surface area (Å²) in [6.45, 7) is 9.32. The highest BCUT2D eigenvalue weighted by Crippen LogP contribution is 2.35. The minimum Gasteiger partial charge on any atom is -0.370 e. The molecule has 0 bridgehead atoms. The number of aromatic nitrogens is 2. The van der Waals surface area contributed by atoms with Crippen LogP contribution in [-0.2, 0) is 10.0 Å². The van der Waals surface area contributed by atoms with Crippen LogP contribution in [-0.4, -0.2) is 96.5 Å². The molecule has 4 rings (SSSR count). The molecule has 3 fully saturated rings. The second-order valence-electron chi connectivity index (χ2n) is 8.80. The van der Waals surface area contributed by atoms with Crippen molar-refractivity contribution in [1.29, 1.82) is 0 Å². The Kier molecular flexibility index (Phi) is 6.00. The number of anilines is 1. The molecular formula is C20H32N6O3S. The highest BCUT2D eigenvalue weighted by molar-refractivity contribution is 7.88. The number of hydrogen-bond acceptors (Lipinski definition) is 7. The first-order valence-electron chi connectivity index (χ1n) is 10.8. The van der Waals surface area contributed by atoms with Crippen LogP contribution in [0.3, 0.4) is 0 Å². The normalized spacial score (nSPS) is 26.2. The summed E-state index contributed by atoms with van der Waals surface area (Å²) < 4.78 is 25.2. The smallest absolute Gasteiger partial charge is 0.272 e. The lowest BCUT2D eigenvalue weighted by Crippen LogP contribution is -2.47. The van der Waals surface area contributed by atoms with E-state index in [0.717, 1.165) is 56.9 Å². The van der Waals surface area contributed by atoms with Crippen molar-refractivity contribution in [3.05, 3.63) is 17.6 Å². The molecular weight excluding hydrogens is 404 g/mol. The second kappa shape index (κ2) is 8.39. The van der Waals surface area contributed by atoms with Gasteiger partial charge in [-0.05, 0) is 38.5 Å². The van der Waals surface area contributed by atoms with E-state index in [9.17, 15) is 13.2 Å². The van der Waals surface area contributed by atoms with E-state index in [4.69, 9.17) is 0 Å². The fraction of sp³-hybridized carbons (Fsp3) is 0.750. The number of sulfonamides is 1. The number of amides is 1. The first-order chi connectivity index (χ1) is 14.3. The molecule has 166 valence electrons. The Balaban J connectivity index is 1.32. The maximum atomic E-state index is 13.0. The van der Waals surface area contributed by atoms with E-state index < -0.39 is 10.0 Å². The summed E-state index contributed by atoms with van der Waals surface area (Å²) in [4.78, 5) is 25.9. The summed E-state index contributed by atoms with van der Waals surface area (Å²) in [5, 5.41) is 3.18. The predicted octanol–water partition coefficient (Wildman–Crippen LogP) is 0.645. The van der Waals surface area contributed by atoms with Crippen molar-refractivity contribution in [3.63, 3.8) is 0 Å². The van der Waals surface area contributed by atoms with Crippen molar-refractivity contribution in [2.24, 2.45) is 11.8 Å². The van der Waals surface area contributed by atoms with Gasteiger partial charge in [0.15, 0.2) is 0 Å². The zero-order chi connectivity index (χ0) is 21.5. The van der Waals surface area contributed by atoms with E-state index in [2.05, 4.69) is 20.2 Å². The Hall–Kier alpha value is -1.78. The van der Waals surface area contributed by atoms with Crippen LogP contribution in [0.25, 0.3) is 0 Å². The van der Waals surface area contributed by atoms with Crippen LogP contribution in [0.4, 0.5) is 5.82 Å². The first-order valence-corrected chi connectivity index (χ1v) is 12.7. The molecule has 0 saturated carbocycles. The maximum Gasteiger partial charge on any atom is 0.272 e. The third kappa shape index (κ3) is 4.17. The molecule has 1 amide bonds. The Morgan fingerprint density at radius 2 is 1.77 bits per heavy atom. The van der Waals surface area contributed by atoms with Gasteiger partial charge >= 0.3 is 0 Å². The van der Waals surface area contributed by atoms with Crippen LogP contribution in [0.5, 0.6) is 0 Å². The summed E-state index contributed by atoms with van der Waals surface area (Å²) in [6, 6.07) is 0.468. The molecule has 3 aliphatic rings. The summed E-state index contributed by atoms with van der Waals surface area (Å²) in [5.41, 5.74) is 1.28. The molecule has 1 aromatic heterocycles. The molecule has 0 radical (unpaired) electrons. The van der Waals surface area contributed by atoms with Crippen LogP contribution >= 0.6 is 0 Å². The van der Waals surface area contributed by atoms with Crippen LogP contribution in [0.2, 0.25) is 0 Å². The van der Waals surface area contributed by atoms with E-state index in [-0.39, 0.29) is 5.91 Å². The van der Waals surface area contributed by atoms with Crippen molar-refractivity contribution in [2.45, 2.75) is 32.7 Å². The second-order valence-corrected chi connectivity index (χ2v) is 10.8. The highest BCUT2D eigenvalue weighted by atomic mass is 32.2. The van der Waals surface area contributed by atoms with Crippen molar-refractivity contribution in [1.82, 2.24) is 24.1 Å². The Morgan fingerprint density at radius 3 is 2.33 bits per heavy atom. The van der Waals surface area contributed by atoms with Gasteiger partial charge in [0.05, 0.1) is 6.26 Å². The van der Waals surface area contributed by atoms with Crippen LogP contribution in [0, 0.1) is 18.8 Å². The van der Waals surface area contributed by atoms with Gasteiger partial charge in [-0.1, -0.05) is 0 Å². The van der Waals surface area contributed by atoms with E-state index in [1.165, 1.54) is 12.6 Å². The van der Waals surface area contributed by atoms with Gasteiger partial charge in [-0.3, -0.25) is 9.69 Å². The standard InChI is InChI=1S/C20H32N6O3S/c1-4-21-19-14(2)18(22-13-23-19)20(27)24-7-5-17(6-8-24)25-9-15-11-26(30(3,28)29)12-16(15)10-25/h13,15-17H,4-12H2,1-3H3,(H,21,22,23).